The Morgan fingerprint density at radius 3 is 2.22 bits per heavy atom. The molecule has 7 heteroatoms. The van der Waals surface area contributed by atoms with Gasteiger partial charge in [0.2, 0.25) is 0 Å². The molecule has 0 spiro atoms. The molecule has 27 heavy (non-hydrogen) atoms. The number of nitrogens with zero attached hydrogens (tertiary/aromatic N) is 1. The number of rotatable bonds is 6. The van der Waals surface area contributed by atoms with Gasteiger partial charge >= 0.3 is 11.9 Å². The molecule has 0 bridgehead atoms. The van der Waals surface area contributed by atoms with Crippen LogP contribution >= 0.6 is 15.9 Å². The van der Waals surface area contributed by atoms with E-state index in [-0.39, 0.29) is 32.0 Å². The smallest absolute Gasteiger partial charge is 0.335 e. The number of carbonyl (C=O) groups excluding carboxylic acids is 3. The highest BCUT2D eigenvalue weighted by Gasteiger charge is 2.51. The van der Waals surface area contributed by atoms with Crippen molar-refractivity contribution < 1.29 is 23.9 Å². The molecular formula is C20H24BrNO5. The second-order valence-corrected chi connectivity index (χ2v) is 7.30. The van der Waals surface area contributed by atoms with Gasteiger partial charge in [0.15, 0.2) is 0 Å². The van der Waals surface area contributed by atoms with Gasteiger partial charge in [-0.05, 0) is 52.0 Å². The molecule has 1 unspecified atom stereocenters. The summed E-state index contributed by atoms with van der Waals surface area (Å²) in [6.45, 7) is 7.03. The first-order valence-electron chi connectivity index (χ1n) is 8.85. The molecular weight excluding hydrogens is 414 g/mol. The van der Waals surface area contributed by atoms with Crippen LogP contribution < -0.4 is 4.90 Å². The average Bonchev–Trinajstić information content (AvgIpc) is 2.63. The molecule has 1 atom stereocenters. The van der Waals surface area contributed by atoms with E-state index < -0.39 is 17.4 Å². The molecule has 1 aromatic carbocycles. The van der Waals surface area contributed by atoms with Gasteiger partial charge in [-0.2, -0.15) is 0 Å². The van der Waals surface area contributed by atoms with Crippen LogP contribution in [0.25, 0.3) is 0 Å². The average molecular weight is 438 g/mol. The lowest BCUT2D eigenvalue weighted by molar-refractivity contribution is -0.159. The van der Waals surface area contributed by atoms with Crippen LogP contribution in [0.5, 0.6) is 0 Å². The summed E-state index contributed by atoms with van der Waals surface area (Å²) >= 11 is 3.40. The van der Waals surface area contributed by atoms with Crippen molar-refractivity contribution in [1.82, 2.24) is 0 Å². The molecule has 0 saturated heterocycles. The number of Topliss-reactive ketones (excluding diaryl/α,β-unsaturated/α-hetero) is 1. The predicted octanol–water partition coefficient (Wildman–Crippen LogP) is 3.63. The molecule has 0 amide bonds. The van der Waals surface area contributed by atoms with Gasteiger partial charge in [-0.15, -0.1) is 0 Å². The van der Waals surface area contributed by atoms with Crippen LogP contribution in [0.15, 0.2) is 40.0 Å². The third-order valence-electron chi connectivity index (χ3n) is 4.75. The van der Waals surface area contributed by atoms with Crippen LogP contribution in [-0.4, -0.2) is 37.5 Å². The lowest BCUT2D eigenvalue weighted by Crippen LogP contribution is -2.52. The van der Waals surface area contributed by atoms with Crippen LogP contribution in [0.4, 0.5) is 5.69 Å². The third kappa shape index (κ3) is 4.24. The Morgan fingerprint density at radius 1 is 1.11 bits per heavy atom. The van der Waals surface area contributed by atoms with Gasteiger partial charge in [-0.25, -0.2) is 4.79 Å². The normalized spacial score (nSPS) is 19.7. The van der Waals surface area contributed by atoms with Crippen molar-refractivity contribution in [2.24, 2.45) is 5.41 Å². The maximum atomic E-state index is 12.8. The molecule has 1 aliphatic rings. The Kier molecular flexibility index (Phi) is 6.81. The summed E-state index contributed by atoms with van der Waals surface area (Å²) in [5.41, 5.74) is 0.295. The van der Waals surface area contributed by atoms with Crippen molar-refractivity contribution in [3.05, 3.63) is 40.0 Å². The minimum atomic E-state index is -1.45. The number of hydrogen-bond acceptors (Lipinski definition) is 6. The molecule has 2 rings (SSSR count). The summed E-state index contributed by atoms with van der Waals surface area (Å²) < 4.78 is 11.3. The van der Waals surface area contributed by atoms with E-state index in [1.807, 2.05) is 24.3 Å². The number of ether oxygens (including phenoxy) is 2. The maximum Gasteiger partial charge on any atom is 0.335 e. The second-order valence-electron chi connectivity index (χ2n) is 6.38. The largest absolute Gasteiger partial charge is 0.465 e. The minimum absolute atomic E-state index is 0.0289. The number of carbonyl (C=O) groups is 3. The van der Waals surface area contributed by atoms with Gasteiger partial charge < -0.3 is 14.4 Å². The van der Waals surface area contributed by atoms with E-state index in [4.69, 9.17) is 9.47 Å². The lowest BCUT2D eigenvalue weighted by atomic mass is 9.74. The third-order valence-corrected chi connectivity index (χ3v) is 5.28. The van der Waals surface area contributed by atoms with E-state index in [1.54, 1.807) is 25.7 Å². The van der Waals surface area contributed by atoms with Crippen molar-refractivity contribution in [2.45, 2.75) is 34.1 Å². The highest BCUT2D eigenvalue weighted by Crippen LogP contribution is 2.40. The molecule has 1 aromatic rings. The minimum Gasteiger partial charge on any atom is -0.465 e. The van der Waals surface area contributed by atoms with E-state index in [9.17, 15) is 14.4 Å². The summed E-state index contributed by atoms with van der Waals surface area (Å²) in [6.07, 6.45) is -0.0289. The van der Waals surface area contributed by atoms with Crippen LogP contribution in [0.3, 0.4) is 0 Å². The van der Waals surface area contributed by atoms with Crippen molar-refractivity contribution in [2.75, 3.05) is 24.7 Å². The Balaban J connectivity index is 2.61. The lowest BCUT2D eigenvalue weighted by Gasteiger charge is -2.41. The van der Waals surface area contributed by atoms with Gasteiger partial charge in [-0.3, -0.25) is 9.59 Å². The van der Waals surface area contributed by atoms with E-state index >= 15 is 0 Å². The number of halogens is 1. The Morgan fingerprint density at radius 2 is 1.70 bits per heavy atom. The van der Waals surface area contributed by atoms with Crippen LogP contribution in [0.1, 0.15) is 34.1 Å². The summed E-state index contributed by atoms with van der Waals surface area (Å²) in [5, 5.41) is 0. The Bertz CT molecular complexity index is 771. The molecule has 146 valence electrons. The van der Waals surface area contributed by atoms with Crippen molar-refractivity contribution >= 4 is 39.3 Å². The van der Waals surface area contributed by atoms with E-state index in [1.165, 1.54) is 6.92 Å². The van der Waals surface area contributed by atoms with Crippen LogP contribution in [0, 0.1) is 5.41 Å². The van der Waals surface area contributed by atoms with Crippen LogP contribution in [-0.2, 0) is 23.9 Å². The second kappa shape index (κ2) is 8.69. The molecule has 1 heterocycles. The topological polar surface area (TPSA) is 72.9 Å². The van der Waals surface area contributed by atoms with Gasteiger partial charge in [0.25, 0.3) is 0 Å². The first kappa shape index (κ1) is 21.2. The molecule has 0 N–H and O–H groups in total. The number of esters is 2. The fraction of sp³-hybridized carbons (Fsp3) is 0.450. The molecule has 0 fully saturated rings. The van der Waals surface area contributed by atoms with Gasteiger partial charge in [0.05, 0.1) is 18.8 Å². The van der Waals surface area contributed by atoms with E-state index in [0.717, 1.165) is 10.2 Å². The Hall–Kier alpha value is -2.15. The summed E-state index contributed by atoms with van der Waals surface area (Å²) in [6, 6.07) is 7.44. The van der Waals surface area contributed by atoms with E-state index in [0.29, 0.717) is 11.3 Å². The van der Waals surface area contributed by atoms with Crippen molar-refractivity contribution in [3.63, 3.8) is 0 Å². The number of benzene rings is 1. The molecule has 0 saturated carbocycles. The van der Waals surface area contributed by atoms with Crippen molar-refractivity contribution in [3.8, 4) is 0 Å². The van der Waals surface area contributed by atoms with Crippen LogP contribution in [0.2, 0.25) is 0 Å². The molecule has 1 aliphatic heterocycles. The SMILES string of the molecule is CCOC(=O)C1=C(C)N(c2ccc(Br)cc2)CC(C(C)=O)(C(=O)OCC)C1. The Labute approximate surface area is 167 Å². The predicted molar refractivity (Wildman–Crippen MR) is 105 cm³/mol. The number of anilines is 1. The zero-order valence-electron chi connectivity index (χ0n) is 16.0. The maximum absolute atomic E-state index is 12.8. The zero-order chi connectivity index (χ0) is 20.2. The standard InChI is InChI=1S/C20H24BrNO5/c1-5-26-18(24)17-11-20(14(4)23,19(25)27-6-2)12-22(13(17)3)16-9-7-15(21)8-10-16/h7-10H,5-6,11-12H2,1-4H3. The molecule has 0 radical (unpaired) electrons. The first-order chi connectivity index (χ1) is 12.8. The highest BCUT2D eigenvalue weighted by atomic mass is 79.9. The first-order valence-corrected chi connectivity index (χ1v) is 9.64. The summed E-state index contributed by atoms with van der Waals surface area (Å²) in [4.78, 5) is 39.7. The zero-order valence-corrected chi connectivity index (χ0v) is 17.6. The monoisotopic (exact) mass is 437 g/mol. The molecule has 0 aromatic heterocycles. The fourth-order valence-corrected chi connectivity index (χ4v) is 3.43. The van der Waals surface area contributed by atoms with E-state index in [2.05, 4.69) is 15.9 Å². The molecule has 6 nitrogen and oxygen atoms in total. The van der Waals surface area contributed by atoms with Crippen molar-refractivity contribution in [1.29, 1.82) is 0 Å². The number of hydrogen-bond donors (Lipinski definition) is 0. The highest BCUT2D eigenvalue weighted by molar-refractivity contribution is 9.10. The number of ketones is 1. The van der Waals surface area contributed by atoms with Gasteiger partial charge in [0, 0.05) is 28.8 Å². The fourth-order valence-electron chi connectivity index (χ4n) is 3.17. The number of allylic oxidation sites excluding steroid dienone is 1. The van der Waals surface area contributed by atoms with Gasteiger partial charge in [0.1, 0.15) is 11.2 Å². The summed E-state index contributed by atoms with van der Waals surface area (Å²) in [5.74, 6) is -1.47. The molecule has 0 aliphatic carbocycles. The summed E-state index contributed by atoms with van der Waals surface area (Å²) in [7, 11) is 0. The van der Waals surface area contributed by atoms with Gasteiger partial charge in [-0.1, -0.05) is 15.9 Å². The quantitative estimate of drug-likeness (QED) is 0.499.